The van der Waals surface area contributed by atoms with Crippen LogP contribution in [-0.2, 0) is 0 Å². The summed E-state index contributed by atoms with van der Waals surface area (Å²) in [7, 11) is 0. The molecule has 2 aliphatic heterocycles. The highest BCUT2D eigenvalue weighted by molar-refractivity contribution is 5.92. The maximum absolute atomic E-state index is 15.2. The first kappa shape index (κ1) is 24.6. The van der Waals surface area contributed by atoms with Gasteiger partial charge in [-0.1, -0.05) is 36.4 Å². The predicted molar refractivity (Wildman–Crippen MR) is 134 cm³/mol. The van der Waals surface area contributed by atoms with E-state index in [0.29, 0.717) is 44.6 Å². The van der Waals surface area contributed by atoms with E-state index in [1.165, 1.54) is 12.1 Å². The number of rotatable bonds is 5. The maximum atomic E-state index is 15.2. The molecule has 2 aromatic carbocycles. The summed E-state index contributed by atoms with van der Waals surface area (Å²) in [5.74, 6) is -0.520. The molecule has 3 aromatic rings. The van der Waals surface area contributed by atoms with E-state index < -0.39 is 6.17 Å². The number of benzene rings is 2. The molecule has 2 aliphatic rings. The largest absolute Gasteiger partial charge is 0.393 e. The number of likely N-dealkylation sites (tertiary alicyclic amines) is 2. The fraction of sp³-hybridized carbons (Fsp3) is 0.429. The fourth-order valence-electron chi connectivity index (χ4n) is 5.55. The molecule has 0 aliphatic carbocycles. The van der Waals surface area contributed by atoms with Gasteiger partial charge in [0, 0.05) is 25.7 Å². The van der Waals surface area contributed by atoms with E-state index in [-0.39, 0.29) is 36.5 Å². The van der Waals surface area contributed by atoms with Gasteiger partial charge in [-0.2, -0.15) is 0 Å². The lowest BCUT2D eigenvalue weighted by Crippen LogP contribution is -2.55. The van der Waals surface area contributed by atoms with Gasteiger partial charge in [0.25, 0.3) is 5.91 Å². The molecule has 1 aromatic heterocycles. The molecule has 2 saturated heterocycles. The van der Waals surface area contributed by atoms with Crippen LogP contribution in [0, 0.1) is 5.82 Å². The third kappa shape index (κ3) is 4.92. The number of carbonyl (C=O) groups excluding carboxylic acids is 1. The van der Waals surface area contributed by atoms with Crippen molar-refractivity contribution in [2.45, 2.75) is 50.5 Å². The standard InChI is InChI=1S/C28H32F2N4O2/c1-19(23-4-2-3-5-24(23)20-6-8-21(29)9-7-20)34-18-31-16-27(34)28(36)33-15-12-26(25(30)17-33)32-13-10-22(35)11-14-32/h2-9,16,18-19,22,25-26,35H,10-15,17H2,1H3/t19-,25-,26+/m0/s1. The van der Waals surface area contributed by atoms with Crippen molar-refractivity contribution in [3.05, 3.63) is 78.1 Å². The Kier molecular flexibility index (Phi) is 7.16. The van der Waals surface area contributed by atoms with Gasteiger partial charge in [-0.3, -0.25) is 9.69 Å². The van der Waals surface area contributed by atoms with Gasteiger partial charge in [0.15, 0.2) is 0 Å². The third-order valence-corrected chi connectivity index (χ3v) is 7.63. The van der Waals surface area contributed by atoms with Crippen LogP contribution in [0.1, 0.15) is 48.3 Å². The Morgan fingerprint density at radius 1 is 1.06 bits per heavy atom. The number of carbonyl (C=O) groups is 1. The Bertz CT molecular complexity index is 1190. The second-order valence-corrected chi connectivity index (χ2v) is 9.85. The highest BCUT2D eigenvalue weighted by atomic mass is 19.1. The van der Waals surface area contributed by atoms with Crippen molar-refractivity contribution in [2.75, 3.05) is 26.2 Å². The Hall–Kier alpha value is -3.10. The Labute approximate surface area is 210 Å². The molecule has 0 radical (unpaired) electrons. The SMILES string of the molecule is C[C@@H](c1ccccc1-c1ccc(F)cc1)n1cncc1C(=O)N1CC[C@@H](N2CCC(O)CC2)[C@@H](F)C1. The van der Waals surface area contributed by atoms with Crippen LogP contribution < -0.4 is 0 Å². The van der Waals surface area contributed by atoms with Gasteiger partial charge in [0.2, 0.25) is 0 Å². The minimum absolute atomic E-state index is 0.0499. The van der Waals surface area contributed by atoms with Crippen LogP contribution in [0.4, 0.5) is 8.78 Å². The van der Waals surface area contributed by atoms with Gasteiger partial charge < -0.3 is 14.6 Å². The number of amides is 1. The zero-order valence-corrected chi connectivity index (χ0v) is 20.4. The fourth-order valence-corrected chi connectivity index (χ4v) is 5.55. The summed E-state index contributed by atoms with van der Waals surface area (Å²) in [6.07, 6.45) is 3.66. The van der Waals surface area contributed by atoms with Crippen molar-refractivity contribution in [1.82, 2.24) is 19.4 Å². The molecule has 3 heterocycles. The Balaban J connectivity index is 1.33. The van der Waals surface area contributed by atoms with Crippen LogP contribution in [0.15, 0.2) is 61.1 Å². The molecule has 0 bridgehead atoms. The van der Waals surface area contributed by atoms with Gasteiger partial charge in [0.1, 0.15) is 17.7 Å². The van der Waals surface area contributed by atoms with Crippen LogP contribution in [0.5, 0.6) is 0 Å². The number of hydrogen-bond donors (Lipinski definition) is 1. The molecule has 0 spiro atoms. The Morgan fingerprint density at radius 3 is 2.50 bits per heavy atom. The molecule has 8 heteroatoms. The third-order valence-electron chi connectivity index (χ3n) is 7.63. The highest BCUT2D eigenvalue weighted by Gasteiger charge is 2.37. The molecule has 190 valence electrons. The summed E-state index contributed by atoms with van der Waals surface area (Å²) in [5, 5.41) is 9.76. The normalized spacial score (nSPS) is 22.5. The van der Waals surface area contributed by atoms with Crippen molar-refractivity contribution in [3.8, 4) is 11.1 Å². The summed E-state index contributed by atoms with van der Waals surface area (Å²) >= 11 is 0. The first-order chi connectivity index (χ1) is 17.4. The molecule has 3 atom stereocenters. The molecular formula is C28H32F2N4O2. The van der Waals surface area contributed by atoms with Gasteiger partial charge in [-0.15, -0.1) is 0 Å². The van der Waals surface area contributed by atoms with Gasteiger partial charge >= 0.3 is 0 Å². The van der Waals surface area contributed by atoms with Gasteiger partial charge in [-0.05, 0) is 55.0 Å². The second-order valence-electron chi connectivity index (χ2n) is 9.85. The van der Waals surface area contributed by atoms with Crippen LogP contribution in [-0.4, -0.2) is 74.9 Å². The zero-order chi connectivity index (χ0) is 25.2. The molecular weight excluding hydrogens is 462 g/mol. The lowest BCUT2D eigenvalue weighted by molar-refractivity contribution is 0.000849. The van der Waals surface area contributed by atoms with E-state index in [1.807, 2.05) is 35.8 Å². The first-order valence-corrected chi connectivity index (χ1v) is 12.6. The summed E-state index contributed by atoms with van der Waals surface area (Å²) in [6.45, 7) is 3.91. The second kappa shape index (κ2) is 10.5. The zero-order valence-electron chi connectivity index (χ0n) is 20.4. The minimum Gasteiger partial charge on any atom is -0.393 e. The maximum Gasteiger partial charge on any atom is 0.272 e. The Morgan fingerprint density at radius 2 is 1.78 bits per heavy atom. The number of aliphatic hydroxyl groups is 1. The number of alkyl halides is 1. The van der Waals surface area contributed by atoms with Crippen molar-refractivity contribution in [2.24, 2.45) is 0 Å². The lowest BCUT2D eigenvalue weighted by atomic mass is 9.95. The van der Waals surface area contributed by atoms with Crippen molar-refractivity contribution >= 4 is 5.91 Å². The molecule has 2 fully saturated rings. The number of piperidine rings is 2. The van der Waals surface area contributed by atoms with Gasteiger partial charge in [-0.25, -0.2) is 13.8 Å². The lowest BCUT2D eigenvalue weighted by Gasteiger charge is -2.42. The summed E-state index contributed by atoms with van der Waals surface area (Å²) < 4.78 is 30.5. The minimum atomic E-state index is -1.13. The monoisotopic (exact) mass is 494 g/mol. The molecule has 1 amide bonds. The first-order valence-electron chi connectivity index (χ1n) is 12.6. The molecule has 1 N–H and O–H groups in total. The van der Waals surface area contributed by atoms with Crippen LogP contribution >= 0.6 is 0 Å². The molecule has 0 unspecified atom stereocenters. The van der Waals surface area contributed by atoms with Crippen LogP contribution in [0.25, 0.3) is 11.1 Å². The molecule has 36 heavy (non-hydrogen) atoms. The predicted octanol–water partition coefficient (Wildman–Crippen LogP) is 4.31. The van der Waals surface area contributed by atoms with Crippen molar-refractivity contribution < 1.29 is 18.7 Å². The number of imidazole rings is 1. The summed E-state index contributed by atoms with van der Waals surface area (Å²) in [5.41, 5.74) is 3.24. The van der Waals surface area contributed by atoms with E-state index in [1.54, 1.807) is 29.6 Å². The topological polar surface area (TPSA) is 61.6 Å². The quantitative estimate of drug-likeness (QED) is 0.574. The van der Waals surface area contributed by atoms with Crippen molar-refractivity contribution in [3.63, 3.8) is 0 Å². The van der Waals surface area contributed by atoms with Gasteiger partial charge in [0.05, 0.1) is 31.2 Å². The number of aromatic nitrogens is 2. The van der Waals surface area contributed by atoms with E-state index in [4.69, 9.17) is 0 Å². The van der Waals surface area contributed by atoms with Crippen molar-refractivity contribution in [1.29, 1.82) is 0 Å². The van der Waals surface area contributed by atoms with Crippen LogP contribution in [0.3, 0.4) is 0 Å². The smallest absolute Gasteiger partial charge is 0.272 e. The summed E-state index contributed by atoms with van der Waals surface area (Å²) in [6, 6.07) is 13.8. The number of aliphatic hydroxyl groups excluding tert-OH is 1. The molecule has 5 rings (SSSR count). The number of halogens is 2. The molecule has 0 saturated carbocycles. The van der Waals surface area contributed by atoms with E-state index in [2.05, 4.69) is 9.88 Å². The molecule has 6 nitrogen and oxygen atoms in total. The highest BCUT2D eigenvalue weighted by Crippen LogP contribution is 2.32. The van der Waals surface area contributed by atoms with Crippen LogP contribution in [0.2, 0.25) is 0 Å². The van der Waals surface area contributed by atoms with E-state index in [9.17, 15) is 14.3 Å². The summed E-state index contributed by atoms with van der Waals surface area (Å²) in [4.78, 5) is 21.5. The number of nitrogens with zero attached hydrogens (tertiary/aromatic N) is 4. The average Bonchev–Trinajstić information content (AvgIpc) is 3.39. The average molecular weight is 495 g/mol. The van der Waals surface area contributed by atoms with E-state index >= 15 is 4.39 Å². The van der Waals surface area contributed by atoms with E-state index in [0.717, 1.165) is 16.7 Å². The number of hydrogen-bond acceptors (Lipinski definition) is 4.